The number of carboxylic acid groups (broad SMARTS) is 1. The highest BCUT2D eigenvalue weighted by Crippen LogP contribution is 2.51. The van der Waals surface area contributed by atoms with Crippen LogP contribution >= 0.6 is 0 Å². The molecule has 2 fully saturated rings. The second-order valence-corrected chi connectivity index (χ2v) is 5.91. The lowest BCUT2D eigenvalue weighted by Gasteiger charge is -2.29. The van der Waals surface area contributed by atoms with Gasteiger partial charge in [0, 0.05) is 13.1 Å². The van der Waals surface area contributed by atoms with Gasteiger partial charge in [-0.3, -0.25) is 4.79 Å². The Labute approximate surface area is 101 Å². The van der Waals surface area contributed by atoms with E-state index in [4.69, 9.17) is 9.84 Å². The Morgan fingerprint density at radius 2 is 1.94 bits per heavy atom. The van der Waals surface area contributed by atoms with Gasteiger partial charge in [0.2, 0.25) is 0 Å². The molecule has 2 aliphatic rings. The van der Waals surface area contributed by atoms with Gasteiger partial charge in [-0.1, -0.05) is 0 Å². The largest absolute Gasteiger partial charge is 0.481 e. The van der Waals surface area contributed by atoms with E-state index in [1.54, 1.807) is 4.90 Å². The van der Waals surface area contributed by atoms with E-state index in [1.807, 2.05) is 20.8 Å². The van der Waals surface area contributed by atoms with Crippen LogP contribution in [0.15, 0.2) is 0 Å². The average molecular weight is 241 g/mol. The lowest BCUT2D eigenvalue weighted by molar-refractivity contribution is -0.139. The van der Waals surface area contributed by atoms with Crippen molar-refractivity contribution in [3.8, 4) is 0 Å². The fourth-order valence-electron chi connectivity index (χ4n) is 2.60. The molecule has 1 aliphatic heterocycles. The van der Waals surface area contributed by atoms with Crippen molar-refractivity contribution in [2.24, 2.45) is 17.8 Å². The number of carbonyl (C=O) groups is 2. The van der Waals surface area contributed by atoms with Gasteiger partial charge in [-0.2, -0.15) is 0 Å². The molecule has 0 aromatic rings. The number of rotatable bonds is 1. The first-order valence-electron chi connectivity index (χ1n) is 6.00. The van der Waals surface area contributed by atoms with Crippen LogP contribution in [0, 0.1) is 17.8 Å². The number of nitrogens with zero attached hydrogens (tertiary/aromatic N) is 1. The molecule has 0 bridgehead atoms. The number of fused-ring (bicyclic) bond motifs is 1. The average Bonchev–Trinajstić information content (AvgIpc) is 2.87. The summed E-state index contributed by atoms with van der Waals surface area (Å²) in [4.78, 5) is 24.3. The highest BCUT2D eigenvalue weighted by Gasteiger charge is 2.57. The number of ether oxygens (including phenoxy) is 1. The van der Waals surface area contributed by atoms with Crippen molar-refractivity contribution in [2.75, 3.05) is 13.1 Å². The van der Waals surface area contributed by atoms with Crippen molar-refractivity contribution in [1.82, 2.24) is 4.90 Å². The molecule has 1 aliphatic carbocycles. The molecule has 1 amide bonds. The van der Waals surface area contributed by atoms with Gasteiger partial charge in [0.25, 0.3) is 0 Å². The van der Waals surface area contributed by atoms with Crippen LogP contribution in [0.2, 0.25) is 0 Å². The molecule has 96 valence electrons. The summed E-state index contributed by atoms with van der Waals surface area (Å²) in [6.45, 7) is 6.62. The third-order valence-corrected chi connectivity index (χ3v) is 3.43. The first kappa shape index (κ1) is 12.2. The monoisotopic (exact) mass is 241 g/mol. The molecule has 0 aromatic carbocycles. The highest BCUT2D eigenvalue weighted by molar-refractivity contribution is 5.75. The number of aliphatic carboxylic acids is 1. The minimum Gasteiger partial charge on any atom is -0.481 e. The van der Waals surface area contributed by atoms with Gasteiger partial charge < -0.3 is 14.7 Å². The number of carbonyl (C=O) groups excluding carboxylic acids is 1. The van der Waals surface area contributed by atoms with Crippen molar-refractivity contribution in [3.63, 3.8) is 0 Å². The molecule has 0 aromatic heterocycles. The first-order chi connectivity index (χ1) is 7.79. The van der Waals surface area contributed by atoms with Gasteiger partial charge in [0.15, 0.2) is 0 Å². The smallest absolute Gasteiger partial charge is 0.410 e. The third-order valence-electron chi connectivity index (χ3n) is 3.43. The van der Waals surface area contributed by atoms with Gasteiger partial charge in [-0.25, -0.2) is 4.79 Å². The zero-order chi connectivity index (χ0) is 12.8. The molecule has 1 saturated carbocycles. The third kappa shape index (κ3) is 2.53. The van der Waals surface area contributed by atoms with Crippen LogP contribution in [-0.4, -0.2) is 40.8 Å². The summed E-state index contributed by atoms with van der Waals surface area (Å²) in [5, 5.41) is 8.96. The molecular formula is C12H19NO4. The molecule has 1 heterocycles. The minimum absolute atomic E-state index is 0.133. The highest BCUT2D eigenvalue weighted by atomic mass is 16.6. The number of likely N-dealkylation sites (tertiary alicyclic amines) is 1. The summed E-state index contributed by atoms with van der Waals surface area (Å²) in [5.74, 6) is -0.576. The van der Waals surface area contributed by atoms with E-state index in [1.165, 1.54) is 0 Å². The Morgan fingerprint density at radius 3 is 2.47 bits per heavy atom. The van der Waals surface area contributed by atoms with E-state index >= 15 is 0 Å². The maximum atomic E-state index is 11.8. The molecule has 0 radical (unpaired) electrons. The fourth-order valence-corrected chi connectivity index (χ4v) is 2.60. The normalized spacial score (nSPS) is 31.7. The van der Waals surface area contributed by atoms with E-state index in [9.17, 15) is 9.59 Å². The molecule has 1 N–H and O–H groups in total. The van der Waals surface area contributed by atoms with E-state index in [-0.39, 0.29) is 23.8 Å². The molecule has 5 heteroatoms. The Balaban J connectivity index is 1.90. The van der Waals surface area contributed by atoms with Gasteiger partial charge in [-0.15, -0.1) is 0 Å². The Bertz CT molecular complexity index is 347. The maximum Gasteiger partial charge on any atom is 0.410 e. The summed E-state index contributed by atoms with van der Waals surface area (Å²) in [6.07, 6.45) is 0.452. The van der Waals surface area contributed by atoms with Gasteiger partial charge in [-0.05, 0) is 39.0 Å². The van der Waals surface area contributed by atoms with E-state index < -0.39 is 11.6 Å². The fraction of sp³-hybridized carbons (Fsp3) is 0.833. The number of hydrogen-bond acceptors (Lipinski definition) is 3. The number of amides is 1. The Hall–Kier alpha value is -1.26. The first-order valence-corrected chi connectivity index (χ1v) is 6.00. The van der Waals surface area contributed by atoms with Crippen LogP contribution in [0.3, 0.4) is 0 Å². The SMILES string of the molecule is CC(C)(C)OC(=O)N1CC[C@@H]2C(C(=O)O)[C@H]2C1. The standard InChI is InChI=1S/C12H19NO4/c1-12(2,3)17-11(16)13-5-4-7-8(6-13)9(7)10(14)15/h7-9H,4-6H2,1-3H3,(H,14,15)/t7-,8-,9?/m0/s1. The van der Waals surface area contributed by atoms with Crippen LogP contribution in [0.4, 0.5) is 4.79 Å². The van der Waals surface area contributed by atoms with Gasteiger partial charge >= 0.3 is 12.1 Å². The zero-order valence-corrected chi connectivity index (χ0v) is 10.5. The van der Waals surface area contributed by atoms with Crippen molar-refractivity contribution in [2.45, 2.75) is 32.8 Å². The predicted molar refractivity (Wildman–Crippen MR) is 60.5 cm³/mol. The van der Waals surface area contributed by atoms with Gasteiger partial charge in [0.05, 0.1) is 5.92 Å². The van der Waals surface area contributed by atoms with Crippen molar-refractivity contribution in [3.05, 3.63) is 0 Å². The van der Waals surface area contributed by atoms with E-state index in [0.717, 1.165) is 6.42 Å². The number of carboxylic acids is 1. The molecule has 0 spiro atoms. The summed E-state index contributed by atoms with van der Waals surface area (Å²) in [7, 11) is 0. The summed E-state index contributed by atoms with van der Waals surface area (Å²) < 4.78 is 5.28. The van der Waals surface area contributed by atoms with E-state index in [0.29, 0.717) is 13.1 Å². The molecule has 1 unspecified atom stereocenters. The summed E-state index contributed by atoms with van der Waals surface area (Å²) in [6, 6.07) is 0. The minimum atomic E-state index is -0.731. The summed E-state index contributed by atoms with van der Waals surface area (Å²) >= 11 is 0. The molecule has 5 nitrogen and oxygen atoms in total. The zero-order valence-electron chi connectivity index (χ0n) is 10.5. The number of piperidine rings is 1. The van der Waals surface area contributed by atoms with Gasteiger partial charge in [0.1, 0.15) is 5.60 Å². The van der Waals surface area contributed by atoms with Crippen LogP contribution in [0.1, 0.15) is 27.2 Å². The lowest BCUT2D eigenvalue weighted by Crippen LogP contribution is -2.40. The summed E-state index contributed by atoms with van der Waals surface area (Å²) in [5.41, 5.74) is -0.496. The molecule has 3 atom stereocenters. The van der Waals surface area contributed by atoms with E-state index in [2.05, 4.69) is 0 Å². The Morgan fingerprint density at radius 1 is 1.29 bits per heavy atom. The number of hydrogen-bond donors (Lipinski definition) is 1. The van der Waals surface area contributed by atoms with Crippen LogP contribution < -0.4 is 0 Å². The maximum absolute atomic E-state index is 11.8. The molecule has 17 heavy (non-hydrogen) atoms. The molecule has 2 rings (SSSR count). The van der Waals surface area contributed by atoms with Crippen LogP contribution in [0.5, 0.6) is 0 Å². The molecule has 1 saturated heterocycles. The molecular weight excluding hydrogens is 222 g/mol. The predicted octanol–water partition coefficient (Wildman–Crippen LogP) is 1.57. The Kier molecular flexibility index (Phi) is 2.79. The van der Waals surface area contributed by atoms with Crippen molar-refractivity contribution >= 4 is 12.1 Å². The quantitative estimate of drug-likeness (QED) is 0.756. The second-order valence-electron chi connectivity index (χ2n) is 5.91. The second kappa shape index (κ2) is 3.89. The van der Waals surface area contributed by atoms with Crippen molar-refractivity contribution < 1.29 is 19.4 Å². The van der Waals surface area contributed by atoms with Crippen molar-refractivity contribution in [1.29, 1.82) is 0 Å². The van der Waals surface area contributed by atoms with Crippen LogP contribution in [-0.2, 0) is 9.53 Å². The topological polar surface area (TPSA) is 66.8 Å². The lowest BCUT2D eigenvalue weighted by atomic mass is 10.1. The van der Waals surface area contributed by atoms with Crippen LogP contribution in [0.25, 0.3) is 0 Å².